The molecule has 1 aromatic carbocycles. The van der Waals surface area contributed by atoms with Gasteiger partial charge in [-0.1, -0.05) is 12.1 Å². The van der Waals surface area contributed by atoms with Crippen LogP contribution in [0.25, 0.3) is 6.08 Å². The molecule has 0 aliphatic carbocycles. The van der Waals surface area contributed by atoms with Gasteiger partial charge in [0.25, 0.3) is 0 Å². The standard InChI is InChI=1S/C16H19NO5/c1-11(18)10-22-16(20)12(2)17-15(19)9-6-13-4-7-14(21-3)8-5-13/h4-9,12H,10H2,1-3H3,(H,17,19)/b9-6+/t12-/m0/s1. The molecule has 0 aliphatic rings. The Morgan fingerprint density at radius 1 is 1.23 bits per heavy atom. The van der Waals surface area contributed by atoms with Crippen LogP contribution in [0.3, 0.4) is 0 Å². The van der Waals surface area contributed by atoms with Crippen molar-refractivity contribution in [3.05, 3.63) is 35.9 Å². The molecule has 1 atom stereocenters. The van der Waals surface area contributed by atoms with Gasteiger partial charge < -0.3 is 14.8 Å². The average Bonchev–Trinajstić information content (AvgIpc) is 2.50. The van der Waals surface area contributed by atoms with Crippen molar-refractivity contribution in [2.45, 2.75) is 19.9 Å². The number of carbonyl (C=O) groups excluding carboxylic acids is 3. The van der Waals surface area contributed by atoms with Gasteiger partial charge in [0.15, 0.2) is 5.78 Å². The highest BCUT2D eigenvalue weighted by atomic mass is 16.5. The number of rotatable bonds is 7. The lowest BCUT2D eigenvalue weighted by atomic mass is 10.2. The van der Waals surface area contributed by atoms with Crippen molar-refractivity contribution in [1.82, 2.24) is 5.32 Å². The van der Waals surface area contributed by atoms with Crippen molar-refractivity contribution in [1.29, 1.82) is 0 Å². The third-order valence-electron chi connectivity index (χ3n) is 2.67. The summed E-state index contributed by atoms with van der Waals surface area (Å²) in [5.74, 6) is -0.612. The van der Waals surface area contributed by atoms with Crippen LogP contribution in [0, 0.1) is 0 Å². The van der Waals surface area contributed by atoms with Crippen molar-refractivity contribution in [2.24, 2.45) is 0 Å². The Labute approximate surface area is 129 Å². The molecule has 1 amide bonds. The van der Waals surface area contributed by atoms with E-state index in [1.165, 1.54) is 19.9 Å². The molecule has 118 valence electrons. The Morgan fingerprint density at radius 2 is 1.86 bits per heavy atom. The first-order valence-corrected chi connectivity index (χ1v) is 6.71. The van der Waals surface area contributed by atoms with E-state index in [9.17, 15) is 14.4 Å². The topological polar surface area (TPSA) is 81.7 Å². The highest BCUT2D eigenvalue weighted by Gasteiger charge is 2.16. The van der Waals surface area contributed by atoms with E-state index < -0.39 is 17.9 Å². The van der Waals surface area contributed by atoms with Gasteiger partial charge in [0.05, 0.1) is 7.11 Å². The highest BCUT2D eigenvalue weighted by Crippen LogP contribution is 2.12. The Balaban J connectivity index is 2.48. The van der Waals surface area contributed by atoms with Crippen molar-refractivity contribution in [3.8, 4) is 5.75 Å². The van der Waals surface area contributed by atoms with Crippen LogP contribution in [-0.4, -0.2) is 37.4 Å². The summed E-state index contributed by atoms with van der Waals surface area (Å²) in [4.78, 5) is 33.9. The van der Waals surface area contributed by atoms with Crippen LogP contribution >= 0.6 is 0 Å². The smallest absolute Gasteiger partial charge is 0.328 e. The van der Waals surface area contributed by atoms with E-state index in [1.807, 2.05) is 0 Å². The van der Waals surface area contributed by atoms with Gasteiger partial charge in [0.2, 0.25) is 5.91 Å². The predicted molar refractivity (Wildman–Crippen MR) is 81.3 cm³/mol. The molecule has 0 aliphatic heterocycles. The number of ether oxygens (including phenoxy) is 2. The molecule has 6 heteroatoms. The third-order valence-corrected chi connectivity index (χ3v) is 2.67. The van der Waals surface area contributed by atoms with E-state index in [0.29, 0.717) is 0 Å². The zero-order valence-electron chi connectivity index (χ0n) is 12.8. The second-order valence-electron chi connectivity index (χ2n) is 4.65. The number of carbonyl (C=O) groups is 3. The summed E-state index contributed by atoms with van der Waals surface area (Å²) in [5, 5.41) is 2.46. The normalized spacial score (nSPS) is 11.8. The summed E-state index contributed by atoms with van der Waals surface area (Å²) in [6, 6.07) is 6.33. The van der Waals surface area contributed by atoms with Gasteiger partial charge in [-0.05, 0) is 37.6 Å². The molecule has 1 N–H and O–H groups in total. The molecule has 0 fully saturated rings. The first-order chi connectivity index (χ1) is 10.4. The molecule has 0 radical (unpaired) electrons. The minimum Gasteiger partial charge on any atom is -0.497 e. The Morgan fingerprint density at radius 3 is 2.41 bits per heavy atom. The van der Waals surface area contributed by atoms with E-state index in [0.717, 1.165) is 11.3 Å². The second-order valence-corrected chi connectivity index (χ2v) is 4.65. The van der Waals surface area contributed by atoms with E-state index >= 15 is 0 Å². The maximum Gasteiger partial charge on any atom is 0.328 e. The first kappa shape index (κ1) is 17.4. The largest absolute Gasteiger partial charge is 0.497 e. The molecule has 22 heavy (non-hydrogen) atoms. The second kappa shape index (κ2) is 8.61. The molecule has 0 saturated carbocycles. The van der Waals surface area contributed by atoms with Crippen molar-refractivity contribution < 1.29 is 23.9 Å². The highest BCUT2D eigenvalue weighted by molar-refractivity contribution is 5.94. The molecule has 0 saturated heterocycles. The maximum atomic E-state index is 11.7. The zero-order valence-corrected chi connectivity index (χ0v) is 12.8. The summed E-state index contributed by atoms with van der Waals surface area (Å²) in [5.41, 5.74) is 0.822. The summed E-state index contributed by atoms with van der Waals surface area (Å²) in [6.45, 7) is 2.51. The quantitative estimate of drug-likeness (QED) is 0.607. The molecule has 6 nitrogen and oxygen atoms in total. The van der Waals surface area contributed by atoms with Gasteiger partial charge in [-0.25, -0.2) is 4.79 Å². The number of hydrogen-bond acceptors (Lipinski definition) is 5. The van der Waals surface area contributed by atoms with Crippen LogP contribution in [-0.2, 0) is 19.1 Å². The zero-order chi connectivity index (χ0) is 16.5. The van der Waals surface area contributed by atoms with Gasteiger partial charge in [-0.15, -0.1) is 0 Å². The summed E-state index contributed by atoms with van der Waals surface area (Å²) in [6.07, 6.45) is 2.93. The van der Waals surface area contributed by atoms with Crippen LogP contribution in [0.1, 0.15) is 19.4 Å². The number of hydrogen-bond donors (Lipinski definition) is 1. The molecule has 0 bridgehead atoms. The Kier molecular flexibility index (Phi) is 6.82. The lowest BCUT2D eigenvalue weighted by Gasteiger charge is -2.11. The summed E-state index contributed by atoms with van der Waals surface area (Å²) < 4.78 is 9.75. The fourth-order valence-corrected chi connectivity index (χ4v) is 1.51. The van der Waals surface area contributed by atoms with Crippen molar-refractivity contribution in [2.75, 3.05) is 13.7 Å². The fourth-order valence-electron chi connectivity index (χ4n) is 1.51. The SMILES string of the molecule is COc1ccc(/C=C/C(=O)N[C@@H](C)C(=O)OCC(C)=O)cc1. The first-order valence-electron chi connectivity index (χ1n) is 6.71. The number of methoxy groups -OCH3 is 1. The van der Waals surface area contributed by atoms with Crippen LogP contribution < -0.4 is 10.1 Å². The molecule has 0 heterocycles. The summed E-state index contributed by atoms with van der Waals surface area (Å²) >= 11 is 0. The molecule has 1 rings (SSSR count). The number of esters is 1. The third kappa shape index (κ3) is 6.21. The van der Waals surface area contributed by atoms with Gasteiger partial charge in [0.1, 0.15) is 18.4 Å². The van der Waals surface area contributed by atoms with Crippen LogP contribution in [0.5, 0.6) is 5.75 Å². The van der Waals surface area contributed by atoms with E-state index in [-0.39, 0.29) is 12.4 Å². The summed E-state index contributed by atoms with van der Waals surface area (Å²) in [7, 11) is 1.57. The van der Waals surface area contributed by atoms with Crippen molar-refractivity contribution >= 4 is 23.7 Å². The van der Waals surface area contributed by atoms with E-state index in [2.05, 4.69) is 5.32 Å². The molecular weight excluding hydrogens is 286 g/mol. The van der Waals surface area contributed by atoms with Gasteiger partial charge in [0, 0.05) is 6.08 Å². The van der Waals surface area contributed by atoms with Gasteiger partial charge in [-0.2, -0.15) is 0 Å². The van der Waals surface area contributed by atoms with Crippen molar-refractivity contribution in [3.63, 3.8) is 0 Å². The number of Topliss-reactive ketones (excluding diaryl/α,β-unsaturated/α-hetero) is 1. The maximum absolute atomic E-state index is 11.7. The Hall–Kier alpha value is -2.63. The monoisotopic (exact) mass is 305 g/mol. The minimum absolute atomic E-state index is 0.258. The molecule has 0 spiro atoms. The fraction of sp³-hybridized carbons (Fsp3) is 0.312. The van der Waals surface area contributed by atoms with Gasteiger partial charge in [-0.3, -0.25) is 9.59 Å². The van der Waals surface area contributed by atoms with E-state index in [4.69, 9.17) is 9.47 Å². The Bertz CT molecular complexity index is 562. The van der Waals surface area contributed by atoms with Crippen LogP contribution in [0.4, 0.5) is 0 Å². The van der Waals surface area contributed by atoms with Gasteiger partial charge >= 0.3 is 5.97 Å². The van der Waals surface area contributed by atoms with Crippen LogP contribution in [0.15, 0.2) is 30.3 Å². The number of benzene rings is 1. The molecule has 0 unspecified atom stereocenters. The van der Waals surface area contributed by atoms with E-state index in [1.54, 1.807) is 37.5 Å². The lowest BCUT2D eigenvalue weighted by Crippen LogP contribution is -2.39. The molecular formula is C16H19NO5. The predicted octanol–water partition coefficient (Wildman–Crippen LogP) is 1.35. The average molecular weight is 305 g/mol. The molecule has 1 aromatic rings. The number of amides is 1. The number of nitrogens with one attached hydrogen (secondary N) is 1. The van der Waals surface area contributed by atoms with Crippen LogP contribution in [0.2, 0.25) is 0 Å². The minimum atomic E-state index is -0.827. The molecule has 0 aromatic heterocycles. The number of ketones is 1. The lowest BCUT2D eigenvalue weighted by molar-refractivity contribution is -0.150.